The van der Waals surface area contributed by atoms with E-state index >= 15 is 0 Å². The Bertz CT molecular complexity index is 3060. The van der Waals surface area contributed by atoms with Gasteiger partial charge in [0, 0.05) is 61.5 Å². The fourth-order valence-electron chi connectivity index (χ4n) is 7.95. The SMILES string of the molecule is c1ccc(-n2c3ccccc3c3c4c5ccc6c(c7ccncc7n7c8ccncc8nc67)c5n(-c5ccccc5)c4ccc32)cc1. The molecule has 11 rings (SSSR count). The molecule has 6 aromatic heterocycles. The molecule has 0 unspecified atom stereocenters. The third-order valence-electron chi connectivity index (χ3n) is 9.77. The van der Waals surface area contributed by atoms with E-state index in [1.54, 1.807) is 0 Å². The quantitative estimate of drug-likeness (QED) is 0.186. The van der Waals surface area contributed by atoms with Crippen molar-refractivity contribution in [2.75, 3.05) is 0 Å². The van der Waals surface area contributed by atoms with E-state index in [9.17, 15) is 0 Å². The minimum absolute atomic E-state index is 0.865. The number of imidazole rings is 1. The van der Waals surface area contributed by atoms with E-state index in [0.717, 1.165) is 55.2 Å². The summed E-state index contributed by atoms with van der Waals surface area (Å²) in [7, 11) is 0. The first-order valence-electron chi connectivity index (χ1n) is 15.8. The van der Waals surface area contributed by atoms with Gasteiger partial charge in [0.15, 0.2) is 0 Å². The predicted molar refractivity (Wildman–Crippen MR) is 192 cm³/mol. The van der Waals surface area contributed by atoms with Crippen molar-refractivity contribution >= 4 is 82.0 Å². The Labute approximate surface area is 267 Å². The molecule has 6 heteroatoms. The van der Waals surface area contributed by atoms with E-state index in [0.29, 0.717) is 0 Å². The van der Waals surface area contributed by atoms with E-state index in [-0.39, 0.29) is 0 Å². The fourth-order valence-corrected chi connectivity index (χ4v) is 7.95. The molecule has 0 aliphatic heterocycles. The normalized spacial score (nSPS) is 12.3. The molecule has 0 atom stereocenters. The molecule has 11 aromatic rings. The molecular formula is C41H24N6. The topological polar surface area (TPSA) is 52.9 Å². The average molecular weight is 601 g/mol. The van der Waals surface area contributed by atoms with Crippen LogP contribution >= 0.6 is 0 Å². The number of fused-ring (bicyclic) bond motifs is 16. The van der Waals surface area contributed by atoms with Crippen LogP contribution in [0.5, 0.6) is 0 Å². The largest absolute Gasteiger partial charge is 0.309 e. The minimum Gasteiger partial charge on any atom is -0.309 e. The standard InChI is InChI=1S/C41H24N6/c1-3-9-25(10-4-1)45-32-14-8-7-13-27(32)38-34(45)17-18-35-39(38)29-15-16-30-37(40(29)46(35)26-11-5-2-6-12-26)28-19-21-43-24-36(28)47-33-20-22-42-23-31(33)44-41(30)47/h1-24H. The van der Waals surface area contributed by atoms with Crippen LogP contribution in [0.1, 0.15) is 0 Å². The number of nitrogens with zero attached hydrogens (tertiary/aromatic N) is 6. The molecule has 0 aliphatic carbocycles. The third-order valence-corrected chi connectivity index (χ3v) is 9.77. The van der Waals surface area contributed by atoms with Crippen molar-refractivity contribution in [2.24, 2.45) is 0 Å². The Balaban J connectivity index is 1.43. The molecule has 0 fully saturated rings. The Hall–Kier alpha value is -6.53. The van der Waals surface area contributed by atoms with Crippen LogP contribution in [0.2, 0.25) is 0 Å². The third kappa shape index (κ3) is 3.16. The van der Waals surface area contributed by atoms with Crippen LogP contribution in [0, 0.1) is 0 Å². The fraction of sp³-hybridized carbons (Fsp3) is 0. The molecule has 218 valence electrons. The Kier molecular flexibility index (Phi) is 4.75. The second kappa shape index (κ2) is 9.02. The van der Waals surface area contributed by atoms with Gasteiger partial charge in [0.25, 0.3) is 0 Å². The lowest BCUT2D eigenvalue weighted by Crippen LogP contribution is -1.97. The minimum atomic E-state index is 0.865. The number of hydrogen-bond acceptors (Lipinski definition) is 3. The summed E-state index contributed by atoms with van der Waals surface area (Å²) in [4.78, 5) is 14.1. The van der Waals surface area contributed by atoms with Crippen molar-refractivity contribution < 1.29 is 0 Å². The number of para-hydroxylation sites is 3. The Morgan fingerprint density at radius 1 is 0.404 bits per heavy atom. The van der Waals surface area contributed by atoms with Crippen LogP contribution in [0.25, 0.3) is 93.3 Å². The molecule has 6 nitrogen and oxygen atoms in total. The maximum atomic E-state index is 5.14. The van der Waals surface area contributed by atoms with Gasteiger partial charge in [0.05, 0.1) is 45.5 Å². The van der Waals surface area contributed by atoms with Crippen LogP contribution < -0.4 is 0 Å². The molecule has 0 bridgehead atoms. The van der Waals surface area contributed by atoms with Gasteiger partial charge in [-0.2, -0.15) is 0 Å². The number of hydrogen-bond donors (Lipinski definition) is 0. The Morgan fingerprint density at radius 2 is 1.04 bits per heavy atom. The van der Waals surface area contributed by atoms with Gasteiger partial charge in [-0.3, -0.25) is 14.4 Å². The molecule has 0 N–H and O–H groups in total. The van der Waals surface area contributed by atoms with Gasteiger partial charge in [-0.15, -0.1) is 0 Å². The van der Waals surface area contributed by atoms with E-state index in [2.05, 4.69) is 139 Å². The highest BCUT2D eigenvalue weighted by Crippen LogP contribution is 2.46. The second-order valence-corrected chi connectivity index (χ2v) is 12.1. The number of rotatable bonds is 2. The summed E-state index contributed by atoms with van der Waals surface area (Å²) in [5.41, 5.74) is 10.8. The van der Waals surface area contributed by atoms with Crippen LogP contribution in [0.3, 0.4) is 0 Å². The highest BCUT2D eigenvalue weighted by molar-refractivity contribution is 6.34. The summed E-state index contributed by atoms with van der Waals surface area (Å²) >= 11 is 0. The number of pyridine rings is 3. The zero-order valence-corrected chi connectivity index (χ0v) is 25.0. The van der Waals surface area contributed by atoms with Crippen molar-refractivity contribution in [1.82, 2.24) is 28.5 Å². The number of benzene rings is 5. The highest BCUT2D eigenvalue weighted by Gasteiger charge is 2.24. The van der Waals surface area contributed by atoms with Crippen molar-refractivity contribution in [3.05, 3.63) is 146 Å². The van der Waals surface area contributed by atoms with Crippen molar-refractivity contribution in [3.63, 3.8) is 0 Å². The van der Waals surface area contributed by atoms with Crippen LogP contribution in [0.4, 0.5) is 0 Å². The summed E-state index contributed by atoms with van der Waals surface area (Å²) in [6, 6.07) is 43.5. The van der Waals surface area contributed by atoms with Gasteiger partial charge >= 0.3 is 0 Å². The van der Waals surface area contributed by atoms with E-state index in [1.807, 2.05) is 30.9 Å². The molecule has 5 aromatic carbocycles. The summed E-state index contributed by atoms with van der Waals surface area (Å²) in [6.45, 7) is 0. The Morgan fingerprint density at radius 3 is 1.87 bits per heavy atom. The van der Waals surface area contributed by atoms with Gasteiger partial charge in [0.1, 0.15) is 11.2 Å². The first kappa shape index (κ1) is 24.8. The lowest BCUT2D eigenvalue weighted by atomic mass is 10.0. The van der Waals surface area contributed by atoms with Crippen LogP contribution in [-0.2, 0) is 0 Å². The monoisotopic (exact) mass is 600 g/mol. The molecule has 0 saturated heterocycles. The zero-order chi connectivity index (χ0) is 30.6. The predicted octanol–water partition coefficient (Wildman–Crippen LogP) is 9.78. The van der Waals surface area contributed by atoms with Crippen molar-refractivity contribution in [2.45, 2.75) is 0 Å². The van der Waals surface area contributed by atoms with Gasteiger partial charge in [-0.25, -0.2) is 4.98 Å². The zero-order valence-electron chi connectivity index (χ0n) is 25.0. The maximum Gasteiger partial charge on any atom is 0.146 e. The average Bonchev–Trinajstić information content (AvgIpc) is 3.80. The lowest BCUT2D eigenvalue weighted by molar-refractivity contribution is 1.17. The van der Waals surface area contributed by atoms with Crippen molar-refractivity contribution in [1.29, 1.82) is 0 Å². The second-order valence-electron chi connectivity index (χ2n) is 12.1. The summed E-state index contributed by atoms with van der Waals surface area (Å²) in [6.07, 6.45) is 7.53. The summed E-state index contributed by atoms with van der Waals surface area (Å²) < 4.78 is 7.07. The van der Waals surface area contributed by atoms with Gasteiger partial charge in [0.2, 0.25) is 0 Å². The number of aromatic nitrogens is 6. The van der Waals surface area contributed by atoms with E-state index < -0.39 is 0 Å². The molecule has 6 heterocycles. The molecule has 0 saturated carbocycles. The van der Waals surface area contributed by atoms with Crippen LogP contribution in [-0.4, -0.2) is 28.5 Å². The molecule has 0 aliphatic rings. The first-order valence-corrected chi connectivity index (χ1v) is 15.8. The molecular weight excluding hydrogens is 576 g/mol. The summed E-state index contributed by atoms with van der Waals surface area (Å²) in [5, 5.41) is 8.33. The molecule has 47 heavy (non-hydrogen) atoms. The van der Waals surface area contributed by atoms with Crippen molar-refractivity contribution in [3.8, 4) is 11.4 Å². The maximum absolute atomic E-state index is 5.14. The van der Waals surface area contributed by atoms with E-state index in [1.165, 1.54) is 38.1 Å². The summed E-state index contributed by atoms with van der Waals surface area (Å²) in [5.74, 6) is 0. The van der Waals surface area contributed by atoms with Gasteiger partial charge < -0.3 is 9.13 Å². The van der Waals surface area contributed by atoms with E-state index in [4.69, 9.17) is 4.98 Å². The first-order chi connectivity index (χ1) is 23.4. The van der Waals surface area contributed by atoms with Crippen LogP contribution in [0.15, 0.2) is 146 Å². The smallest absolute Gasteiger partial charge is 0.146 e. The lowest BCUT2D eigenvalue weighted by Gasteiger charge is -2.13. The molecule has 0 amide bonds. The highest BCUT2D eigenvalue weighted by atomic mass is 15.0. The van der Waals surface area contributed by atoms with Gasteiger partial charge in [-0.1, -0.05) is 60.7 Å². The van der Waals surface area contributed by atoms with Gasteiger partial charge in [-0.05, 0) is 60.7 Å². The molecule has 0 spiro atoms. The molecule has 0 radical (unpaired) electrons.